The van der Waals surface area contributed by atoms with Crippen molar-refractivity contribution in [3.05, 3.63) is 57.8 Å². The number of hydrogen-bond donors (Lipinski definition) is 0. The normalized spacial score (nSPS) is 12.1. The van der Waals surface area contributed by atoms with Crippen LogP contribution in [0, 0.1) is 5.82 Å². The summed E-state index contributed by atoms with van der Waals surface area (Å²) in [6, 6.07) is 10.3. The fourth-order valence-corrected chi connectivity index (χ4v) is 3.05. The van der Waals surface area contributed by atoms with Gasteiger partial charge in [-0.25, -0.2) is 4.39 Å². The van der Waals surface area contributed by atoms with Gasteiger partial charge in [0, 0.05) is 16.1 Å². The molecule has 20 heavy (non-hydrogen) atoms. The molecule has 5 heteroatoms. The zero-order chi connectivity index (χ0) is 14.7. The molecule has 0 aliphatic carbocycles. The number of benzene rings is 2. The van der Waals surface area contributed by atoms with E-state index in [2.05, 4.69) is 31.9 Å². The van der Waals surface area contributed by atoms with E-state index in [1.807, 2.05) is 18.2 Å². The van der Waals surface area contributed by atoms with Gasteiger partial charge in [0.15, 0.2) is 0 Å². The van der Waals surface area contributed by atoms with Gasteiger partial charge >= 0.3 is 0 Å². The molecule has 0 bridgehead atoms. The van der Waals surface area contributed by atoms with Gasteiger partial charge in [0.1, 0.15) is 17.3 Å². The summed E-state index contributed by atoms with van der Waals surface area (Å²) in [6.45, 7) is 0. The largest absolute Gasteiger partial charge is 0.497 e. The van der Waals surface area contributed by atoms with Crippen molar-refractivity contribution in [2.24, 2.45) is 0 Å². The Kier molecular flexibility index (Phi) is 5.05. The van der Waals surface area contributed by atoms with E-state index in [4.69, 9.17) is 9.47 Å². The van der Waals surface area contributed by atoms with Crippen molar-refractivity contribution in [3.8, 4) is 11.5 Å². The van der Waals surface area contributed by atoms with E-state index in [0.29, 0.717) is 16.0 Å². The Bertz CT molecular complexity index is 597. The summed E-state index contributed by atoms with van der Waals surface area (Å²) in [5.74, 6) is 1.11. The maximum absolute atomic E-state index is 13.5. The minimum atomic E-state index is -0.286. The Labute approximate surface area is 134 Å². The van der Waals surface area contributed by atoms with E-state index in [-0.39, 0.29) is 10.6 Å². The first-order valence-corrected chi connectivity index (χ1v) is 7.58. The van der Waals surface area contributed by atoms with Crippen LogP contribution in [0.1, 0.15) is 16.0 Å². The fourth-order valence-electron chi connectivity index (χ4n) is 1.93. The van der Waals surface area contributed by atoms with Crippen molar-refractivity contribution in [2.75, 3.05) is 14.2 Å². The number of rotatable bonds is 4. The van der Waals surface area contributed by atoms with Gasteiger partial charge < -0.3 is 9.47 Å². The van der Waals surface area contributed by atoms with E-state index >= 15 is 0 Å². The molecule has 0 aromatic heterocycles. The molecule has 0 amide bonds. The molecule has 0 spiro atoms. The average Bonchev–Trinajstić information content (AvgIpc) is 2.44. The van der Waals surface area contributed by atoms with Gasteiger partial charge in [-0.1, -0.05) is 37.9 Å². The average molecular weight is 404 g/mol. The first-order valence-electron chi connectivity index (χ1n) is 5.87. The summed E-state index contributed by atoms with van der Waals surface area (Å²) in [6.07, 6.45) is 0. The molecule has 2 aromatic carbocycles. The van der Waals surface area contributed by atoms with Gasteiger partial charge in [-0.15, -0.1) is 0 Å². The van der Waals surface area contributed by atoms with E-state index in [0.717, 1.165) is 11.1 Å². The van der Waals surface area contributed by atoms with Crippen molar-refractivity contribution in [1.82, 2.24) is 0 Å². The van der Waals surface area contributed by atoms with Gasteiger partial charge in [-0.05, 0) is 29.8 Å². The summed E-state index contributed by atoms with van der Waals surface area (Å²) in [4.78, 5) is -0.171. The number of ether oxygens (including phenoxy) is 2. The van der Waals surface area contributed by atoms with Crippen molar-refractivity contribution in [3.63, 3.8) is 0 Å². The molecule has 0 N–H and O–H groups in total. The number of alkyl halides is 1. The molecule has 2 rings (SSSR count). The van der Waals surface area contributed by atoms with Crippen LogP contribution >= 0.6 is 31.9 Å². The van der Waals surface area contributed by atoms with Crippen molar-refractivity contribution in [1.29, 1.82) is 0 Å². The zero-order valence-electron chi connectivity index (χ0n) is 11.0. The Hall–Kier alpha value is -1.07. The SMILES string of the molecule is COc1ccc(C(Br)c2cc(F)cc(Br)c2)c(OC)c1. The van der Waals surface area contributed by atoms with Crippen molar-refractivity contribution in [2.45, 2.75) is 4.83 Å². The van der Waals surface area contributed by atoms with E-state index in [9.17, 15) is 4.39 Å². The highest BCUT2D eigenvalue weighted by atomic mass is 79.9. The Morgan fingerprint density at radius 2 is 1.80 bits per heavy atom. The summed E-state index contributed by atoms with van der Waals surface area (Å²) in [7, 11) is 3.20. The number of methoxy groups -OCH3 is 2. The number of halogens is 3. The van der Waals surface area contributed by atoms with Gasteiger partial charge in [0.2, 0.25) is 0 Å². The second-order valence-corrected chi connectivity index (χ2v) is 6.00. The molecule has 0 radical (unpaired) electrons. The van der Waals surface area contributed by atoms with Gasteiger partial charge in [-0.3, -0.25) is 0 Å². The molecule has 0 aliphatic heterocycles. The molecule has 2 nitrogen and oxygen atoms in total. The summed E-state index contributed by atoms with van der Waals surface area (Å²) in [5, 5.41) is 0. The van der Waals surface area contributed by atoms with Crippen LogP contribution in [0.3, 0.4) is 0 Å². The molecule has 0 saturated heterocycles. The molecule has 2 aromatic rings. The minimum Gasteiger partial charge on any atom is -0.497 e. The van der Waals surface area contributed by atoms with E-state index < -0.39 is 0 Å². The van der Waals surface area contributed by atoms with Crippen LogP contribution in [0.25, 0.3) is 0 Å². The lowest BCUT2D eigenvalue weighted by molar-refractivity contribution is 0.391. The van der Waals surface area contributed by atoms with Gasteiger partial charge in [0.25, 0.3) is 0 Å². The smallest absolute Gasteiger partial charge is 0.127 e. The third-order valence-electron chi connectivity index (χ3n) is 2.89. The van der Waals surface area contributed by atoms with Crippen LogP contribution < -0.4 is 9.47 Å². The Morgan fingerprint density at radius 3 is 2.40 bits per heavy atom. The monoisotopic (exact) mass is 402 g/mol. The summed E-state index contributed by atoms with van der Waals surface area (Å²) >= 11 is 6.89. The molecule has 1 atom stereocenters. The topological polar surface area (TPSA) is 18.5 Å². The fraction of sp³-hybridized carbons (Fsp3) is 0.200. The van der Waals surface area contributed by atoms with Crippen LogP contribution in [0.15, 0.2) is 40.9 Å². The van der Waals surface area contributed by atoms with Crippen LogP contribution in [0.5, 0.6) is 11.5 Å². The zero-order valence-corrected chi connectivity index (χ0v) is 14.2. The molecular formula is C15H13Br2FO2. The third kappa shape index (κ3) is 3.33. The lowest BCUT2D eigenvalue weighted by atomic mass is 10.0. The van der Waals surface area contributed by atoms with Crippen LogP contribution in [0.4, 0.5) is 4.39 Å². The highest BCUT2D eigenvalue weighted by Crippen LogP contribution is 2.39. The lowest BCUT2D eigenvalue weighted by Crippen LogP contribution is -1.98. The van der Waals surface area contributed by atoms with E-state index in [1.54, 1.807) is 20.3 Å². The molecule has 106 valence electrons. The molecule has 0 aliphatic rings. The first kappa shape index (κ1) is 15.3. The number of hydrogen-bond acceptors (Lipinski definition) is 2. The van der Waals surface area contributed by atoms with Gasteiger partial charge in [-0.2, -0.15) is 0 Å². The predicted molar refractivity (Wildman–Crippen MR) is 84.4 cm³/mol. The Morgan fingerprint density at radius 1 is 1.05 bits per heavy atom. The third-order valence-corrected chi connectivity index (χ3v) is 4.37. The predicted octanol–water partition coefficient (Wildman–Crippen LogP) is 5.09. The first-order chi connectivity index (χ1) is 9.55. The molecule has 0 fully saturated rings. The quantitative estimate of drug-likeness (QED) is 0.662. The molecular weight excluding hydrogens is 391 g/mol. The van der Waals surface area contributed by atoms with Gasteiger partial charge in [0.05, 0.1) is 19.0 Å². The summed E-state index contributed by atoms with van der Waals surface area (Å²) < 4.78 is 24.7. The maximum atomic E-state index is 13.5. The highest BCUT2D eigenvalue weighted by Gasteiger charge is 2.17. The minimum absolute atomic E-state index is 0.171. The standard InChI is InChI=1S/C15H13Br2FO2/c1-19-12-3-4-13(14(8-12)20-2)15(17)9-5-10(16)7-11(18)6-9/h3-8,15H,1-2H3. The lowest BCUT2D eigenvalue weighted by Gasteiger charge is -2.16. The molecule has 0 heterocycles. The second kappa shape index (κ2) is 6.59. The Balaban J connectivity index is 2.44. The van der Waals surface area contributed by atoms with Crippen molar-refractivity contribution < 1.29 is 13.9 Å². The second-order valence-electron chi connectivity index (χ2n) is 4.17. The van der Waals surface area contributed by atoms with Crippen LogP contribution in [0.2, 0.25) is 0 Å². The summed E-state index contributed by atoms with van der Waals surface area (Å²) in [5.41, 5.74) is 1.71. The van der Waals surface area contributed by atoms with E-state index in [1.165, 1.54) is 12.1 Å². The molecule has 1 unspecified atom stereocenters. The van der Waals surface area contributed by atoms with Crippen LogP contribution in [-0.4, -0.2) is 14.2 Å². The van der Waals surface area contributed by atoms with Crippen molar-refractivity contribution >= 4 is 31.9 Å². The molecule has 0 saturated carbocycles. The maximum Gasteiger partial charge on any atom is 0.127 e. The van der Waals surface area contributed by atoms with Crippen LogP contribution in [-0.2, 0) is 0 Å². The highest BCUT2D eigenvalue weighted by molar-refractivity contribution is 9.10.